The van der Waals surface area contributed by atoms with E-state index in [1.165, 1.54) is 0 Å². The monoisotopic (exact) mass is 201 g/mol. The standard InChI is InChI=1S/C12H13N2O/c13-15(12-9-5-2-6-10-12)14-11-7-3-1-4-8-11/h1-10,14H,13H2/q+1. The zero-order valence-electron chi connectivity index (χ0n) is 8.26. The first-order chi connectivity index (χ1) is 7.36. The molecule has 0 radical (unpaired) electrons. The Labute approximate surface area is 88.7 Å². The van der Waals surface area contributed by atoms with Crippen molar-refractivity contribution in [2.45, 2.75) is 0 Å². The second-order valence-electron chi connectivity index (χ2n) is 3.12. The molecule has 0 fully saturated rings. The van der Waals surface area contributed by atoms with Gasteiger partial charge in [-0.05, 0) is 18.0 Å². The molecule has 0 unspecified atom stereocenters. The molecule has 2 aromatic carbocycles. The number of nitrogens with two attached hydrogens (primary N) is 1. The molecule has 0 amide bonds. The molecular weight excluding hydrogens is 188 g/mol. The Morgan fingerprint density at radius 1 is 0.800 bits per heavy atom. The minimum Gasteiger partial charge on any atom is -0.332 e. The topological polar surface area (TPSA) is 40.8 Å². The molecule has 2 aromatic rings. The molecule has 3 heteroatoms. The van der Waals surface area contributed by atoms with Gasteiger partial charge in [0.2, 0.25) is 0 Å². The third kappa shape index (κ3) is 2.48. The van der Waals surface area contributed by atoms with Gasteiger partial charge in [0.15, 0.2) is 0 Å². The summed E-state index contributed by atoms with van der Waals surface area (Å²) in [5.74, 6) is 6.60. The van der Waals surface area contributed by atoms with Gasteiger partial charge in [-0.3, -0.25) is 0 Å². The van der Waals surface area contributed by atoms with Crippen LogP contribution in [0, 0.1) is 0 Å². The van der Waals surface area contributed by atoms with Crippen LogP contribution >= 0.6 is 0 Å². The van der Waals surface area contributed by atoms with Crippen LogP contribution in [0.5, 0.6) is 5.75 Å². The minimum atomic E-state index is 0.835. The first-order valence-corrected chi connectivity index (χ1v) is 4.72. The van der Waals surface area contributed by atoms with E-state index in [0.29, 0.717) is 0 Å². The summed E-state index contributed by atoms with van der Waals surface area (Å²) in [5, 5.41) is 0. The summed E-state index contributed by atoms with van der Waals surface area (Å²) in [5.41, 5.74) is 3.91. The largest absolute Gasteiger partial charge is 0.332 e. The first-order valence-electron chi connectivity index (χ1n) is 4.72. The number of benzene rings is 2. The minimum absolute atomic E-state index is 0.835. The summed E-state index contributed by atoms with van der Waals surface area (Å²) in [4.78, 5) is 0. The predicted octanol–water partition coefficient (Wildman–Crippen LogP) is 2.85. The number of para-hydroxylation sites is 2. The van der Waals surface area contributed by atoms with E-state index in [9.17, 15) is 0 Å². The summed E-state index contributed by atoms with van der Waals surface area (Å²) < 4.78 is 2.32. The van der Waals surface area contributed by atoms with E-state index in [1.54, 1.807) is 0 Å². The maximum absolute atomic E-state index is 5.77. The molecule has 76 valence electrons. The van der Waals surface area contributed by atoms with Gasteiger partial charge in [0, 0.05) is 12.1 Å². The van der Waals surface area contributed by atoms with Crippen LogP contribution in [0.1, 0.15) is 0 Å². The van der Waals surface area contributed by atoms with Crippen molar-refractivity contribution in [2.24, 2.45) is 5.90 Å². The molecule has 15 heavy (non-hydrogen) atoms. The van der Waals surface area contributed by atoms with Crippen molar-refractivity contribution in [3.63, 3.8) is 0 Å². The van der Waals surface area contributed by atoms with E-state index in [0.717, 1.165) is 11.4 Å². The highest BCUT2D eigenvalue weighted by Gasteiger charge is 2.07. The molecule has 0 saturated carbocycles. The first kappa shape index (κ1) is 9.55. The highest BCUT2D eigenvalue weighted by Crippen LogP contribution is 2.19. The Morgan fingerprint density at radius 3 is 1.93 bits per heavy atom. The highest BCUT2D eigenvalue weighted by atomic mass is 16.9. The zero-order valence-corrected chi connectivity index (χ0v) is 8.26. The van der Waals surface area contributed by atoms with Crippen molar-refractivity contribution in [3.05, 3.63) is 60.7 Å². The molecule has 0 atom stereocenters. The maximum Gasteiger partial charge on any atom is 0.315 e. The summed E-state index contributed by atoms with van der Waals surface area (Å²) in [6, 6.07) is 19.3. The van der Waals surface area contributed by atoms with Gasteiger partial charge >= 0.3 is 5.75 Å². The fraction of sp³-hybridized carbons (Fsp3) is 0. The van der Waals surface area contributed by atoms with E-state index in [-0.39, 0.29) is 0 Å². The molecule has 3 nitrogen and oxygen atoms in total. The van der Waals surface area contributed by atoms with Crippen LogP contribution < -0.4 is 11.4 Å². The fourth-order valence-corrected chi connectivity index (χ4v) is 1.26. The highest BCUT2D eigenvalue weighted by molar-refractivity contribution is 5.41. The average Bonchev–Trinajstić information content (AvgIpc) is 2.31. The van der Waals surface area contributed by atoms with Crippen LogP contribution in [-0.4, -0.2) is 0 Å². The summed E-state index contributed by atoms with van der Waals surface area (Å²) in [6.45, 7) is 0. The summed E-state index contributed by atoms with van der Waals surface area (Å²) >= 11 is 0. The van der Waals surface area contributed by atoms with Crippen LogP contribution in [0.25, 0.3) is 0 Å². The second-order valence-corrected chi connectivity index (χ2v) is 3.12. The van der Waals surface area contributed by atoms with Crippen molar-refractivity contribution in [1.82, 2.24) is 0 Å². The fourth-order valence-electron chi connectivity index (χ4n) is 1.26. The van der Waals surface area contributed by atoms with Gasteiger partial charge in [-0.25, -0.2) is 0 Å². The maximum atomic E-state index is 5.77. The average molecular weight is 201 g/mol. The predicted molar refractivity (Wildman–Crippen MR) is 61.2 cm³/mol. The molecule has 0 aliphatic heterocycles. The third-order valence-corrected chi connectivity index (χ3v) is 2.00. The smallest absolute Gasteiger partial charge is 0.315 e. The molecule has 0 spiro atoms. The van der Waals surface area contributed by atoms with Gasteiger partial charge in [-0.15, -0.1) is 0 Å². The van der Waals surface area contributed by atoms with Gasteiger partial charge in [-0.1, -0.05) is 41.9 Å². The number of anilines is 1. The molecule has 3 N–H and O–H groups in total. The zero-order chi connectivity index (χ0) is 10.5. The van der Waals surface area contributed by atoms with Gasteiger partial charge in [0.05, 0.1) is 0 Å². The number of hydrogen-bond donors (Lipinski definition) is 2. The number of nitrogens with one attached hydrogen (secondary N) is 1. The molecular formula is C12H13N2O+. The molecule has 0 bridgehead atoms. The SMILES string of the molecule is N[O+](Nc1ccccc1)c1ccccc1. The molecule has 0 aromatic heterocycles. The Morgan fingerprint density at radius 2 is 1.33 bits per heavy atom. The van der Waals surface area contributed by atoms with Crippen LogP contribution in [0.2, 0.25) is 0 Å². The van der Waals surface area contributed by atoms with Gasteiger partial charge in [0.25, 0.3) is 0 Å². The van der Waals surface area contributed by atoms with Crippen LogP contribution in [0.3, 0.4) is 0 Å². The summed E-state index contributed by atoms with van der Waals surface area (Å²) in [6.07, 6.45) is 0. The van der Waals surface area contributed by atoms with Crippen molar-refractivity contribution >= 4 is 5.69 Å². The van der Waals surface area contributed by atoms with E-state index >= 15 is 0 Å². The van der Waals surface area contributed by atoms with E-state index in [2.05, 4.69) is 10.0 Å². The van der Waals surface area contributed by atoms with Crippen molar-refractivity contribution in [2.75, 3.05) is 5.48 Å². The Hall–Kier alpha value is -2.00. The third-order valence-electron chi connectivity index (χ3n) is 2.00. The van der Waals surface area contributed by atoms with Gasteiger partial charge in [0.1, 0.15) is 5.69 Å². The molecule has 0 heterocycles. The normalized spacial score (nSPS) is 9.67. The lowest BCUT2D eigenvalue weighted by Crippen LogP contribution is -2.21. The molecule has 0 saturated heterocycles. The van der Waals surface area contributed by atoms with Crippen LogP contribution in [0.15, 0.2) is 60.7 Å². The Kier molecular flexibility index (Phi) is 2.85. The lowest BCUT2D eigenvalue weighted by Gasteiger charge is -2.14. The molecule has 0 aliphatic carbocycles. The number of hydrogen-bond acceptors (Lipinski definition) is 2. The molecule has 2 rings (SSSR count). The van der Waals surface area contributed by atoms with E-state index < -0.39 is 0 Å². The van der Waals surface area contributed by atoms with Crippen LogP contribution in [0.4, 0.5) is 5.69 Å². The molecule has 0 aliphatic rings. The van der Waals surface area contributed by atoms with E-state index in [1.807, 2.05) is 60.7 Å². The number of rotatable bonds is 3. The van der Waals surface area contributed by atoms with E-state index in [4.69, 9.17) is 5.90 Å². The van der Waals surface area contributed by atoms with Crippen molar-refractivity contribution < 1.29 is 4.57 Å². The van der Waals surface area contributed by atoms with Gasteiger partial charge < -0.3 is 4.57 Å². The summed E-state index contributed by atoms with van der Waals surface area (Å²) in [7, 11) is 0. The second kappa shape index (κ2) is 4.48. The van der Waals surface area contributed by atoms with Crippen molar-refractivity contribution in [3.8, 4) is 5.75 Å². The lowest BCUT2D eigenvalue weighted by atomic mass is 10.3. The van der Waals surface area contributed by atoms with Gasteiger partial charge in [-0.2, -0.15) is 0 Å². The quantitative estimate of drug-likeness (QED) is 0.592. The Bertz CT molecular complexity index is 402. The van der Waals surface area contributed by atoms with Crippen molar-refractivity contribution in [1.29, 1.82) is 0 Å². The van der Waals surface area contributed by atoms with Crippen LogP contribution in [-0.2, 0) is 4.57 Å². The lowest BCUT2D eigenvalue weighted by molar-refractivity contribution is -0.0104. The Balaban J connectivity index is 2.08.